The summed E-state index contributed by atoms with van der Waals surface area (Å²) in [4.78, 5) is 23.2. The van der Waals surface area contributed by atoms with Gasteiger partial charge in [0.15, 0.2) is 5.78 Å². The summed E-state index contributed by atoms with van der Waals surface area (Å²) in [6, 6.07) is 7.08. The van der Waals surface area contributed by atoms with Crippen LogP contribution in [0.15, 0.2) is 28.7 Å². The highest BCUT2D eigenvalue weighted by atomic mass is 79.9. The zero-order chi connectivity index (χ0) is 10.8. The van der Waals surface area contributed by atoms with E-state index in [4.69, 9.17) is 0 Å². The molecule has 0 bridgehead atoms. The van der Waals surface area contributed by atoms with Crippen LogP contribution in [0.25, 0.3) is 0 Å². The number of ketones is 1. The minimum absolute atomic E-state index is 0.0856. The zero-order valence-corrected chi connectivity index (χ0v) is 9.58. The first kappa shape index (κ1) is 10.4. The van der Waals surface area contributed by atoms with Gasteiger partial charge in [0.2, 0.25) is 5.91 Å². The molecule has 0 spiro atoms. The van der Waals surface area contributed by atoms with Crippen LogP contribution in [-0.4, -0.2) is 18.2 Å². The summed E-state index contributed by atoms with van der Waals surface area (Å²) in [5.41, 5.74) is 0.597. The first-order valence-electron chi connectivity index (χ1n) is 4.76. The van der Waals surface area contributed by atoms with E-state index in [-0.39, 0.29) is 11.7 Å². The Morgan fingerprint density at radius 1 is 1.33 bits per heavy atom. The minimum Gasteiger partial charge on any atom is -0.355 e. The molecular weight excluding hydrogens is 258 g/mol. The molecule has 1 aliphatic heterocycles. The minimum atomic E-state index is -0.494. The van der Waals surface area contributed by atoms with E-state index in [1.807, 2.05) is 0 Å². The highest BCUT2D eigenvalue weighted by Gasteiger charge is 2.31. The van der Waals surface area contributed by atoms with Crippen molar-refractivity contribution in [3.63, 3.8) is 0 Å². The molecule has 4 heteroatoms. The number of amides is 1. The van der Waals surface area contributed by atoms with Crippen LogP contribution in [0, 0.1) is 5.92 Å². The summed E-state index contributed by atoms with van der Waals surface area (Å²) in [6.45, 7) is 0.603. The lowest BCUT2D eigenvalue weighted by Gasteiger charge is -2.05. The van der Waals surface area contributed by atoms with Gasteiger partial charge in [-0.2, -0.15) is 0 Å². The van der Waals surface area contributed by atoms with Crippen molar-refractivity contribution < 1.29 is 9.59 Å². The Morgan fingerprint density at radius 3 is 2.53 bits per heavy atom. The first-order chi connectivity index (χ1) is 7.18. The Balaban J connectivity index is 2.20. The van der Waals surface area contributed by atoms with Crippen molar-refractivity contribution in [2.24, 2.45) is 5.92 Å². The van der Waals surface area contributed by atoms with Gasteiger partial charge < -0.3 is 5.32 Å². The standard InChI is InChI=1S/C11H10BrNO2/c12-8-3-1-7(2-4-8)10(14)9-5-6-13-11(9)15/h1-4,9H,5-6H2,(H,13,15)/t9-/m1/s1. The highest BCUT2D eigenvalue weighted by molar-refractivity contribution is 9.10. The van der Waals surface area contributed by atoms with Crippen molar-refractivity contribution in [2.75, 3.05) is 6.54 Å². The normalized spacial score (nSPS) is 20.1. The fourth-order valence-corrected chi connectivity index (χ4v) is 1.92. The molecule has 0 radical (unpaired) electrons. The van der Waals surface area contributed by atoms with Crippen molar-refractivity contribution in [1.82, 2.24) is 5.32 Å². The Hall–Kier alpha value is -1.16. The number of hydrogen-bond acceptors (Lipinski definition) is 2. The summed E-state index contributed by atoms with van der Waals surface area (Å²) in [5, 5.41) is 2.66. The maximum absolute atomic E-state index is 11.9. The van der Waals surface area contributed by atoms with E-state index in [0.29, 0.717) is 18.5 Å². The molecule has 3 nitrogen and oxygen atoms in total. The van der Waals surface area contributed by atoms with Crippen molar-refractivity contribution in [1.29, 1.82) is 0 Å². The van der Waals surface area contributed by atoms with Crippen LogP contribution >= 0.6 is 15.9 Å². The molecule has 1 N–H and O–H groups in total. The number of carbonyl (C=O) groups excluding carboxylic acids is 2. The van der Waals surface area contributed by atoms with Crippen LogP contribution in [0.3, 0.4) is 0 Å². The monoisotopic (exact) mass is 267 g/mol. The number of Topliss-reactive ketones (excluding diaryl/α,β-unsaturated/α-hetero) is 1. The smallest absolute Gasteiger partial charge is 0.231 e. The second-order valence-electron chi connectivity index (χ2n) is 3.50. The van der Waals surface area contributed by atoms with Crippen molar-refractivity contribution in [3.05, 3.63) is 34.3 Å². The topological polar surface area (TPSA) is 46.2 Å². The number of hydrogen-bond donors (Lipinski definition) is 1. The molecule has 1 aromatic carbocycles. The fraction of sp³-hybridized carbons (Fsp3) is 0.273. The lowest BCUT2D eigenvalue weighted by atomic mass is 9.96. The Labute approximate surface area is 96.0 Å². The van der Waals surface area contributed by atoms with Gasteiger partial charge in [-0.3, -0.25) is 9.59 Å². The molecule has 1 aliphatic rings. The molecule has 0 unspecified atom stereocenters. The molecule has 1 amide bonds. The number of halogens is 1. The van der Waals surface area contributed by atoms with Gasteiger partial charge in [-0.15, -0.1) is 0 Å². The van der Waals surface area contributed by atoms with Crippen molar-refractivity contribution >= 4 is 27.6 Å². The van der Waals surface area contributed by atoms with Gasteiger partial charge in [0.1, 0.15) is 5.92 Å². The van der Waals surface area contributed by atoms with Crippen LogP contribution < -0.4 is 5.32 Å². The maximum Gasteiger partial charge on any atom is 0.231 e. The number of carbonyl (C=O) groups is 2. The third-order valence-corrected chi connectivity index (χ3v) is 3.02. The molecule has 1 aromatic rings. The van der Waals surface area contributed by atoms with Crippen molar-refractivity contribution in [3.8, 4) is 0 Å². The molecule has 2 rings (SSSR count). The second-order valence-corrected chi connectivity index (χ2v) is 4.42. The van der Waals surface area contributed by atoms with Gasteiger partial charge in [0.05, 0.1) is 0 Å². The summed E-state index contributed by atoms with van der Waals surface area (Å²) in [5.74, 6) is -0.730. The number of nitrogens with one attached hydrogen (secondary N) is 1. The first-order valence-corrected chi connectivity index (χ1v) is 5.55. The van der Waals surface area contributed by atoms with E-state index >= 15 is 0 Å². The lowest BCUT2D eigenvalue weighted by Crippen LogP contribution is -2.25. The van der Waals surface area contributed by atoms with Crippen LogP contribution in [0.2, 0.25) is 0 Å². The molecule has 1 saturated heterocycles. The molecular formula is C11H10BrNO2. The van der Waals surface area contributed by atoms with Crippen molar-refractivity contribution in [2.45, 2.75) is 6.42 Å². The molecule has 1 heterocycles. The molecule has 1 fully saturated rings. The molecule has 0 aliphatic carbocycles. The lowest BCUT2D eigenvalue weighted by molar-refractivity contribution is -0.121. The summed E-state index contributed by atoms with van der Waals surface area (Å²) >= 11 is 3.30. The van der Waals surface area contributed by atoms with Gasteiger partial charge in [0.25, 0.3) is 0 Å². The van der Waals surface area contributed by atoms with Gasteiger partial charge in [-0.1, -0.05) is 28.1 Å². The Kier molecular flexibility index (Phi) is 2.86. The Bertz CT molecular complexity index is 400. The summed E-state index contributed by atoms with van der Waals surface area (Å²) in [7, 11) is 0. The van der Waals surface area contributed by atoms with E-state index in [1.54, 1.807) is 24.3 Å². The molecule has 0 aromatic heterocycles. The van der Waals surface area contributed by atoms with Gasteiger partial charge in [-0.25, -0.2) is 0 Å². The van der Waals surface area contributed by atoms with Gasteiger partial charge >= 0.3 is 0 Å². The SMILES string of the molecule is O=C1NCC[C@@H]1C(=O)c1ccc(Br)cc1. The summed E-state index contributed by atoms with van der Waals surface area (Å²) in [6.07, 6.45) is 0.605. The molecule has 1 atom stereocenters. The average molecular weight is 268 g/mol. The molecule has 0 saturated carbocycles. The average Bonchev–Trinajstić information content (AvgIpc) is 2.65. The van der Waals surface area contributed by atoms with E-state index in [0.717, 1.165) is 4.47 Å². The van der Waals surface area contributed by atoms with Crippen LogP contribution in [0.1, 0.15) is 16.8 Å². The number of rotatable bonds is 2. The van der Waals surface area contributed by atoms with E-state index in [9.17, 15) is 9.59 Å². The summed E-state index contributed by atoms with van der Waals surface area (Å²) < 4.78 is 0.926. The Morgan fingerprint density at radius 2 is 2.00 bits per heavy atom. The predicted molar refractivity (Wildman–Crippen MR) is 59.6 cm³/mol. The van der Waals surface area contributed by atoms with E-state index in [2.05, 4.69) is 21.2 Å². The van der Waals surface area contributed by atoms with Crippen LogP contribution in [-0.2, 0) is 4.79 Å². The zero-order valence-electron chi connectivity index (χ0n) is 8.00. The quantitative estimate of drug-likeness (QED) is 0.656. The van der Waals surface area contributed by atoms with E-state index < -0.39 is 5.92 Å². The predicted octanol–water partition coefficient (Wildman–Crippen LogP) is 1.77. The van der Waals surface area contributed by atoms with Crippen LogP contribution in [0.4, 0.5) is 0 Å². The maximum atomic E-state index is 11.9. The molecule has 78 valence electrons. The third kappa shape index (κ3) is 2.09. The highest BCUT2D eigenvalue weighted by Crippen LogP contribution is 2.18. The second kappa shape index (κ2) is 4.14. The van der Waals surface area contributed by atoms with Crippen LogP contribution in [0.5, 0.6) is 0 Å². The third-order valence-electron chi connectivity index (χ3n) is 2.49. The number of benzene rings is 1. The largest absolute Gasteiger partial charge is 0.355 e. The fourth-order valence-electron chi connectivity index (χ4n) is 1.66. The van der Waals surface area contributed by atoms with Gasteiger partial charge in [0, 0.05) is 16.6 Å². The van der Waals surface area contributed by atoms with E-state index in [1.165, 1.54) is 0 Å². The molecule has 15 heavy (non-hydrogen) atoms. The van der Waals surface area contributed by atoms with Gasteiger partial charge in [-0.05, 0) is 18.6 Å².